The third-order valence-electron chi connectivity index (χ3n) is 4.20. The standard InChI is InChI=1S/C16H11FN2O3/c17-8-5-6-12-10(7-8)16(22,15(21)19-12)13-9-3-1-2-4-11(9)18-14(13)20/h1-7,13,22H,(H,18,20)(H,19,21)/t13-,16+/m0/s1. The Hall–Kier alpha value is -2.73. The Morgan fingerprint density at radius 2 is 1.82 bits per heavy atom. The highest BCUT2D eigenvalue weighted by Gasteiger charge is 2.57. The van der Waals surface area contributed by atoms with Crippen LogP contribution in [0, 0.1) is 5.82 Å². The summed E-state index contributed by atoms with van der Waals surface area (Å²) in [7, 11) is 0. The number of hydrogen-bond donors (Lipinski definition) is 3. The minimum Gasteiger partial charge on any atom is -0.374 e. The maximum atomic E-state index is 13.6. The van der Waals surface area contributed by atoms with Gasteiger partial charge in [-0.05, 0) is 29.8 Å². The summed E-state index contributed by atoms with van der Waals surface area (Å²) in [5.74, 6) is -2.92. The zero-order chi connectivity index (χ0) is 15.5. The van der Waals surface area contributed by atoms with Crippen LogP contribution in [0.3, 0.4) is 0 Å². The molecular formula is C16H11FN2O3. The fraction of sp³-hybridized carbons (Fsp3) is 0.125. The van der Waals surface area contributed by atoms with Crippen molar-refractivity contribution in [1.29, 1.82) is 0 Å². The van der Waals surface area contributed by atoms with Crippen molar-refractivity contribution in [2.75, 3.05) is 10.6 Å². The van der Waals surface area contributed by atoms with E-state index < -0.39 is 29.2 Å². The van der Waals surface area contributed by atoms with Gasteiger partial charge in [0, 0.05) is 16.9 Å². The first-order valence-corrected chi connectivity index (χ1v) is 6.75. The molecule has 0 saturated carbocycles. The number of aliphatic hydroxyl groups is 1. The predicted octanol–water partition coefficient (Wildman–Crippen LogP) is 1.70. The SMILES string of the molecule is O=C1Nc2ccccc2[C@@H]1[C@@]1(O)C(=O)Nc2ccc(F)cc21. The molecule has 2 aliphatic rings. The summed E-state index contributed by atoms with van der Waals surface area (Å²) in [4.78, 5) is 24.7. The molecule has 0 unspecified atom stereocenters. The number of halogens is 1. The van der Waals surface area contributed by atoms with Gasteiger partial charge in [-0.1, -0.05) is 18.2 Å². The fourth-order valence-corrected chi connectivity index (χ4v) is 3.19. The Balaban J connectivity index is 1.95. The molecule has 0 aromatic heterocycles. The maximum absolute atomic E-state index is 13.6. The van der Waals surface area contributed by atoms with Crippen LogP contribution in [0.15, 0.2) is 42.5 Å². The van der Waals surface area contributed by atoms with Gasteiger partial charge in [0.05, 0.1) is 0 Å². The Bertz CT molecular complexity index is 836. The van der Waals surface area contributed by atoms with Crippen molar-refractivity contribution in [1.82, 2.24) is 0 Å². The largest absolute Gasteiger partial charge is 0.374 e. The van der Waals surface area contributed by atoms with Crippen molar-refractivity contribution in [2.24, 2.45) is 0 Å². The minimum atomic E-state index is -2.13. The first-order chi connectivity index (χ1) is 10.5. The Morgan fingerprint density at radius 1 is 1.05 bits per heavy atom. The van der Waals surface area contributed by atoms with Crippen LogP contribution >= 0.6 is 0 Å². The van der Waals surface area contributed by atoms with Gasteiger partial charge in [0.15, 0.2) is 5.60 Å². The molecule has 4 rings (SSSR count). The summed E-state index contributed by atoms with van der Waals surface area (Å²) in [6.45, 7) is 0. The molecule has 2 aliphatic heterocycles. The molecule has 2 atom stereocenters. The Morgan fingerprint density at radius 3 is 2.64 bits per heavy atom. The molecule has 110 valence electrons. The molecular weight excluding hydrogens is 287 g/mol. The van der Waals surface area contributed by atoms with E-state index in [4.69, 9.17) is 0 Å². The van der Waals surface area contributed by atoms with Crippen molar-refractivity contribution >= 4 is 23.2 Å². The van der Waals surface area contributed by atoms with Crippen molar-refractivity contribution < 1.29 is 19.1 Å². The van der Waals surface area contributed by atoms with Crippen LogP contribution < -0.4 is 10.6 Å². The molecule has 2 aromatic rings. The molecule has 3 N–H and O–H groups in total. The average Bonchev–Trinajstić information content (AvgIpc) is 2.95. The second-order valence-corrected chi connectivity index (χ2v) is 5.42. The quantitative estimate of drug-likeness (QED) is 0.750. The molecule has 2 amide bonds. The van der Waals surface area contributed by atoms with Crippen LogP contribution in [0.5, 0.6) is 0 Å². The van der Waals surface area contributed by atoms with Crippen molar-refractivity contribution in [3.8, 4) is 0 Å². The number of anilines is 2. The fourth-order valence-electron chi connectivity index (χ4n) is 3.19. The van der Waals surface area contributed by atoms with Gasteiger partial charge in [0.25, 0.3) is 5.91 Å². The monoisotopic (exact) mass is 298 g/mol. The Labute approximate surface area is 124 Å². The molecule has 22 heavy (non-hydrogen) atoms. The molecule has 6 heteroatoms. The van der Waals surface area contributed by atoms with Gasteiger partial charge in [-0.2, -0.15) is 0 Å². The topological polar surface area (TPSA) is 78.4 Å². The molecule has 0 fully saturated rings. The molecule has 5 nitrogen and oxygen atoms in total. The average molecular weight is 298 g/mol. The van der Waals surface area contributed by atoms with E-state index in [9.17, 15) is 19.1 Å². The van der Waals surface area contributed by atoms with Crippen LogP contribution in [0.1, 0.15) is 17.0 Å². The number of amides is 2. The van der Waals surface area contributed by atoms with Gasteiger partial charge in [-0.15, -0.1) is 0 Å². The smallest absolute Gasteiger partial charge is 0.262 e. The number of carbonyl (C=O) groups is 2. The highest BCUT2D eigenvalue weighted by molar-refractivity contribution is 6.13. The highest BCUT2D eigenvalue weighted by atomic mass is 19.1. The second kappa shape index (κ2) is 4.14. The summed E-state index contributed by atoms with van der Waals surface area (Å²) in [6.07, 6.45) is 0. The molecule has 0 aliphatic carbocycles. The van der Waals surface area contributed by atoms with E-state index in [2.05, 4.69) is 10.6 Å². The van der Waals surface area contributed by atoms with Crippen molar-refractivity contribution in [2.45, 2.75) is 11.5 Å². The lowest BCUT2D eigenvalue weighted by atomic mass is 9.78. The number of carbonyl (C=O) groups excluding carboxylic acids is 2. The number of fused-ring (bicyclic) bond motifs is 2. The lowest BCUT2D eigenvalue weighted by Gasteiger charge is -2.26. The number of hydrogen-bond acceptors (Lipinski definition) is 3. The first-order valence-electron chi connectivity index (χ1n) is 6.75. The van der Waals surface area contributed by atoms with E-state index in [0.29, 0.717) is 16.9 Å². The normalized spacial score (nSPS) is 25.5. The summed E-state index contributed by atoms with van der Waals surface area (Å²) in [6, 6.07) is 10.5. The lowest BCUT2D eigenvalue weighted by molar-refractivity contribution is -0.141. The molecule has 0 radical (unpaired) electrons. The Kier molecular flexibility index (Phi) is 2.44. The van der Waals surface area contributed by atoms with Gasteiger partial charge < -0.3 is 15.7 Å². The van der Waals surface area contributed by atoms with Gasteiger partial charge in [0.2, 0.25) is 5.91 Å². The summed E-state index contributed by atoms with van der Waals surface area (Å²) >= 11 is 0. The van der Waals surface area contributed by atoms with Gasteiger partial charge >= 0.3 is 0 Å². The third-order valence-corrected chi connectivity index (χ3v) is 4.20. The zero-order valence-corrected chi connectivity index (χ0v) is 11.3. The molecule has 0 spiro atoms. The van der Waals surface area contributed by atoms with E-state index in [1.54, 1.807) is 24.3 Å². The minimum absolute atomic E-state index is 0.0781. The predicted molar refractivity (Wildman–Crippen MR) is 76.7 cm³/mol. The first kappa shape index (κ1) is 13.0. The number of rotatable bonds is 1. The molecule has 2 heterocycles. The van der Waals surface area contributed by atoms with Gasteiger partial charge in [-0.3, -0.25) is 9.59 Å². The third kappa shape index (κ3) is 1.50. The number of para-hydroxylation sites is 1. The van der Waals surface area contributed by atoms with E-state index in [-0.39, 0.29) is 5.56 Å². The number of nitrogens with one attached hydrogen (secondary N) is 2. The van der Waals surface area contributed by atoms with E-state index in [0.717, 1.165) is 6.07 Å². The van der Waals surface area contributed by atoms with Crippen LogP contribution in [-0.4, -0.2) is 16.9 Å². The molecule has 2 aromatic carbocycles. The van der Waals surface area contributed by atoms with Crippen molar-refractivity contribution in [3.05, 3.63) is 59.4 Å². The summed E-state index contributed by atoms with van der Waals surface area (Å²) < 4.78 is 13.6. The number of benzene rings is 2. The summed E-state index contributed by atoms with van der Waals surface area (Å²) in [5.41, 5.74) is -0.681. The molecule has 0 saturated heterocycles. The second-order valence-electron chi connectivity index (χ2n) is 5.42. The van der Waals surface area contributed by atoms with Gasteiger partial charge in [0.1, 0.15) is 11.7 Å². The lowest BCUT2D eigenvalue weighted by Crippen LogP contribution is -2.43. The van der Waals surface area contributed by atoms with Crippen LogP contribution in [0.4, 0.5) is 15.8 Å². The van der Waals surface area contributed by atoms with Crippen LogP contribution in [-0.2, 0) is 15.2 Å². The molecule has 0 bridgehead atoms. The summed E-state index contributed by atoms with van der Waals surface area (Å²) in [5, 5.41) is 16.2. The van der Waals surface area contributed by atoms with E-state index >= 15 is 0 Å². The van der Waals surface area contributed by atoms with Crippen LogP contribution in [0.2, 0.25) is 0 Å². The van der Waals surface area contributed by atoms with E-state index in [1.165, 1.54) is 12.1 Å². The van der Waals surface area contributed by atoms with Crippen molar-refractivity contribution in [3.63, 3.8) is 0 Å². The maximum Gasteiger partial charge on any atom is 0.262 e. The van der Waals surface area contributed by atoms with Gasteiger partial charge in [-0.25, -0.2) is 4.39 Å². The van der Waals surface area contributed by atoms with Crippen LogP contribution in [0.25, 0.3) is 0 Å². The van der Waals surface area contributed by atoms with E-state index in [1.807, 2.05) is 0 Å². The highest BCUT2D eigenvalue weighted by Crippen LogP contribution is 2.49. The zero-order valence-electron chi connectivity index (χ0n) is 11.3.